The van der Waals surface area contributed by atoms with E-state index in [-0.39, 0.29) is 69.5 Å². The molecular weight excluding hydrogens is 1180 g/mol. The smallest absolute Gasteiger partial charge is 0.184 e. The molecule has 0 fully saturated rings. The third-order valence-corrected chi connectivity index (χ3v) is 16.7. The van der Waals surface area contributed by atoms with Gasteiger partial charge in [-0.2, -0.15) is 0 Å². The summed E-state index contributed by atoms with van der Waals surface area (Å²) in [6, 6.07) is 0. The molecule has 538 valence electrons. The molecule has 0 radical (unpaired) electrons. The first kappa shape index (κ1) is 86.7. The van der Waals surface area contributed by atoms with E-state index < -0.39 is 11.1 Å². The van der Waals surface area contributed by atoms with Gasteiger partial charge in [-0.15, -0.1) is 32.9 Å². The number of rotatable bonds is 53. The number of hydrogen-bond donors (Lipinski definition) is 6. The molecule has 0 amide bonds. The van der Waals surface area contributed by atoms with Crippen LogP contribution in [0.5, 0.6) is 0 Å². The lowest BCUT2D eigenvalue weighted by Crippen LogP contribution is -2.40. The van der Waals surface area contributed by atoms with Gasteiger partial charge in [0.1, 0.15) is 55.2 Å². The van der Waals surface area contributed by atoms with Crippen LogP contribution in [0.4, 0.5) is 0 Å². The fraction of sp³-hybridized carbons (Fsp3) is 0.800. The van der Waals surface area contributed by atoms with Crippen molar-refractivity contribution in [3.63, 3.8) is 0 Å². The molecule has 0 spiro atoms. The van der Waals surface area contributed by atoms with Crippen molar-refractivity contribution in [1.82, 2.24) is 0 Å². The highest BCUT2D eigenvalue weighted by Gasteiger charge is 2.38. The summed E-state index contributed by atoms with van der Waals surface area (Å²) in [5, 5.41) is 54.5. The normalized spacial score (nSPS) is 19.2. The summed E-state index contributed by atoms with van der Waals surface area (Å²) in [7, 11) is 0. The average Bonchev–Trinajstić information content (AvgIpc) is 1.87. The zero-order chi connectivity index (χ0) is 68.5. The topological polar surface area (TPSA) is 248 Å². The molecule has 2 atom stereocenters. The number of unbranched alkanes of at least 4 members (excludes halogenated alkanes) is 25. The predicted molar refractivity (Wildman–Crippen MR) is 385 cm³/mol. The molecule has 0 saturated heterocycles. The maximum atomic E-state index is 9.33. The second-order valence-corrected chi connectivity index (χ2v) is 26.5. The molecule has 0 bridgehead atoms. The lowest BCUT2D eigenvalue weighted by atomic mass is 10.0. The van der Waals surface area contributed by atoms with E-state index in [9.17, 15) is 15.3 Å². The van der Waals surface area contributed by atoms with E-state index in [0.29, 0.717) is 45.5 Å². The molecule has 18 heteroatoms. The van der Waals surface area contributed by atoms with Crippen molar-refractivity contribution < 1.29 is 63.8 Å². The first-order valence-electron chi connectivity index (χ1n) is 36.1. The highest BCUT2D eigenvalue weighted by molar-refractivity contribution is 5.80. The predicted octanol–water partition coefficient (Wildman–Crippen LogP) is 14.8. The van der Waals surface area contributed by atoms with Crippen molar-refractivity contribution in [2.75, 3.05) is 99.1 Å². The van der Waals surface area contributed by atoms with Crippen LogP contribution in [0.3, 0.4) is 0 Å². The van der Waals surface area contributed by atoms with Crippen LogP contribution in [-0.4, -0.2) is 187 Å². The van der Waals surface area contributed by atoms with Crippen LogP contribution >= 0.6 is 0 Å². The molecule has 0 aromatic rings. The van der Waals surface area contributed by atoms with E-state index in [2.05, 4.69) is 71.7 Å². The Labute approximate surface area is 564 Å². The van der Waals surface area contributed by atoms with Gasteiger partial charge >= 0.3 is 0 Å². The van der Waals surface area contributed by atoms with Crippen LogP contribution in [0.15, 0.2) is 88.2 Å². The van der Waals surface area contributed by atoms with Gasteiger partial charge in [-0.3, -0.25) is 0 Å². The number of aliphatic hydroxyl groups excluding tert-OH is 6. The summed E-state index contributed by atoms with van der Waals surface area (Å²) in [6.45, 7) is 30.4. The Morgan fingerprint density at radius 3 is 0.903 bits per heavy atom. The van der Waals surface area contributed by atoms with Gasteiger partial charge in [0, 0.05) is 32.1 Å². The maximum absolute atomic E-state index is 9.33. The summed E-state index contributed by atoms with van der Waals surface area (Å²) >= 11 is 0. The highest BCUT2D eigenvalue weighted by Crippen LogP contribution is 2.27. The molecule has 5 rings (SSSR count). The minimum atomic E-state index is -0.792. The Balaban J connectivity index is 0.000000586. The third-order valence-electron chi connectivity index (χ3n) is 16.7. The van der Waals surface area contributed by atoms with Gasteiger partial charge in [0.05, 0.1) is 71.6 Å². The number of nitrogens with zero attached hydrogens (tertiary/aromatic N) is 5. The highest BCUT2D eigenvalue weighted by atomic mass is 16.5. The Hall–Kier alpha value is -4.27. The standard InChI is InChI=1S/C18H33NO5.C15H27NO2.C14H25NO3.C14H25NO2.C14H25NO/c1-2-3-4-5-6-7-8-9-17-19-18(16-24-17,14-22-12-10-20)15-23-13-11-21;1-3-5-6-7-8-9-10-11-14-16-15(4-2,12-17)13-18-14;1-2-3-4-5-6-7-8-9-13-15-14(10-16,11-17)12-18-13;1-3-4-5-6-7-8-9-10-13-15-14(2,11-16)12-17-13;1-4-5-6-7-8-9-10-11-13-15-14(2,3)12-16-13/h2,20-21H,1,3-16H2;3,17H,1,4-13H2,2H3;2,16-17H,1,3-12H2;3,16H,1,4-12H2,2H3;4H,1,5-12H2,2-3H3. The first-order chi connectivity index (χ1) is 45.1. The largest absolute Gasteiger partial charge is 0.478 e. The second-order valence-electron chi connectivity index (χ2n) is 26.5. The first-order valence-corrected chi connectivity index (χ1v) is 36.1. The quantitative estimate of drug-likeness (QED) is 0.0245. The van der Waals surface area contributed by atoms with Gasteiger partial charge in [-0.25, -0.2) is 25.0 Å². The number of aliphatic imine (C=N–C) groups is 5. The lowest BCUT2D eigenvalue weighted by Gasteiger charge is -2.23. The summed E-state index contributed by atoms with van der Waals surface area (Å²) in [5.74, 6) is 4.09. The van der Waals surface area contributed by atoms with Gasteiger partial charge < -0.3 is 63.8 Å². The van der Waals surface area contributed by atoms with Crippen molar-refractivity contribution in [1.29, 1.82) is 0 Å². The zero-order valence-corrected chi connectivity index (χ0v) is 59.3. The lowest BCUT2D eigenvalue weighted by molar-refractivity contribution is -0.00334. The number of hydrogen-bond acceptors (Lipinski definition) is 18. The molecule has 2 unspecified atom stereocenters. The van der Waals surface area contributed by atoms with Crippen molar-refractivity contribution in [3.05, 3.63) is 63.3 Å². The van der Waals surface area contributed by atoms with Crippen LogP contribution in [0.2, 0.25) is 0 Å². The third kappa shape index (κ3) is 42.8. The fourth-order valence-corrected chi connectivity index (χ4v) is 10.5. The van der Waals surface area contributed by atoms with Crippen LogP contribution in [-0.2, 0) is 33.2 Å². The van der Waals surface area contributed by atoms with E-state index in [1.807, 2.05) is 44.2 Å². The second kappa shape index (κ2) is 55.8. The molecule has 0 aromatic carbocycles. The maximum Gasteiger partial charge on any atom is 0.184 e. The van der Waals surface area contributed by atoms with E-state index in [4.69, 9.17) is 48.5 Å². The van der Waals surface area contributed by atoms with Gasteiger partial charge in [-0.1, -0.05) is 134 Å². The van der Waals surface area contributed by atoms with Gasteiger partial charge in [0.15, 0.2) is 29.5 Å². The van der Waals surface area contributed by atoms with E-state index in [1.54, 1.807) is 0 Å². The molecule has 5 aliphatic heterocycles. The molecular formula is C75H135N5O13. The Morgan fingerprint density at radius 2 is 0.624 bits per heavy atom. The van der Waals surface area contributed by atoms with E-state index in [0.717, 1.165) is 127 Å². The van der Waals surface area contributed by atoms with Crippen molar-refractivity contribution in [2.45, 2.75) is 287 Å². The van der Waals surface area contributed by atoms with Crippen LogP contribution in [0, 0.1) is 0 Å². The SMILES string of the molecule is C=CCCCCCCCC1=NC(C)(C)CO1.C=CCCCCCCCC1=NC(C)(CO)CO1.C=CCCCCCCCC1=NC(CC)(CO)CO1.C=CCCCCCCCC1=NC(CO)(CO)CO1.C=CCCCCCCCC1=NC(COCCO)(COCCO)CO1. The molecule has 6 N–H and O–H groups in total. The van der Waals surface area contributed by atoms with Crippen molar-refractivity contribution in [2.24, 2.45) is 25.0 Å². The summed E-state index contributed by atoms with van der Waals surface area (Å²) < 4.78 is 38.6. The van der Waals surface area contributed by atoms with Crippen molar-refractivity contribution in [3.8, 4) is 0 Å². The van der Waals surface area contributed by atoms with Crippen LogP contribution < -0.4 is 0 Å². The fourth-order valence-electron chi connectivity index (χ4n) is 10.5. The van der Waals surface area contributed by atoms with Gasteiger partial charge in [0.25, 0.3) is 0 Å². The van der Waals surface area contributed by atoms with Crippen LogP contribution in [0.25, 0.3) is 0 Å². The minimum absolute atomic E-state index is 0.0132. The molecule has 0 aliphatic carbocycles. The molecule has 5 heterocycles. The average molecular weight is 1310 g/mol. The van der Waals surface area contributed by atoms with Gasteiger partial charge in [-0.05, 0) is 124 Å². The number of ether oxygens (including phenoxy) is 7. The Bertz CT molecular complexity index is 2000. The Morgan fingerprint density at radius 1 is 0.344 bits per heavy atom. The molecule has 0 saturated carbocycles. The monoisotopic (exact) mass is 1310 g/mol. The zero-order valence-electron chi connectivity index (χ0n) is 59.3. The minimum Gasteiger partial charge on any atom is -0.478 e. The molecule has 93 heavy (non-hydrogen) atoms. The number of aliphatic hydroxyl groups is 6. The van der Waals surface area contributed by atoms with Crippen LogP contribution in [0.1, 0.15) is 259 Å². The molecule has 0 aromatic heterocycles. The summed E-state index contributed by atoms with van der Waals surface area (Å²) in [5.41, 5.74) is -2.07. The van der Waals surface area contributed by atoms with Crippen molar-refractivity contribution >= 4 is 29.5 Å². The summed E-state index contributed by atoms with van der Waals surface area (Å²) in [6.07, 6.45) is 51.5. The van der Waals surface area contributed by atoms with Gasteiger partial charge in [0.2, 0.25) is 0 Å². The molecule has 18 nitrogen and oxygen atoms in total. The Kier molecular flexibility index (Phi) is 52.1. The van der Waals surface area contributed by atoms with E-state index >= 15 is 0 Å². The van der Waals surface area contributed by atoms with E-state index in [1.165, 1.54) is 135 Å². The summed E-state index contributed by atoms with van der Waals surface area (Å²) in [4.78, 5) is 22.5. The molecule has 5 aliphatic rings. The number of allylic oxidation sites excluding steroid dienone is 5.